The number of rotatable bonds is 5. The van der Waals surface area contributed by atoms with Crippen LogP contribution in [-0.2, 0) is 10.3 Å². The van der Waals surface area contributed by atoms with Crippen LogP contribution in [0.15, 0.2) is 95.9 Å². The van der Waals surface area contributed by atoms with Crippen LogP contribution in [-0.4, -0.2) is 40.8 Å². The Morgan fingerprint density at radius 2 is 1.31 bits per heavy atom. The van der Waals surface area contributed by atoms with E-state index in [0.29, 0.717) is 39.5 Å². The van der Waals surface area contributed by atoms with E-state index in [9.17, 15) is 14.4 Å². The van der Waals surface area contributed by atoms with Gasteiger partial charge in [0.25, 0.3) is 0 Å². The zero-order valence-corrected chi connectivity index (χ0v) is 29.3. The number of fused-ring (bicyclic) bond motifs is 6. The van der Waals surface area contributed by atoms with Crippen LogP contribution < -0.4 is 14.2 Å². The summed E-state index contributed by atoms with van der Waals surface area (Å²) in [6.07, 6.45) is 0. The molecular formula is C30H21O7PbS4. The van der Waals surface area contributed by atoms with Crippen molar-refractivity contribution in [3.8, 4) is 23.0 Å². The van der Waals surface area contributed by atoms with Crippen LogP contribution >= 0.6 is 39.7 Å². The predicted octanol–water partition coefficient (Wildman–Crippen LogP) is 9.18. The number of esters is 1. The van der Waals surface area contributed by atoms with Gasteiger partial charge in [0.1, 0.15) is 0 Å². The van der Waals surface area contributed by atoms with Crippen LogP contribution in [0.2, 0.25) is 0 Å². The van der Waals surface area contributed by atoms with Crippen molar-refractivity contribution in [3.05, 3.63) is 113 Å². The van der Waals surface area contributed by atoms with E-state index in [1.54, 1.807) is 48.5 Å². The van der Waals surface area contributed by atoms with E-state index in [-0.39, 0.29) is 5.75 Å². The monoisotopic (exact) mass is 829 g/mol. The second-order valence-corrected chi connectivity index (χ2v) is 18.0. The molecule has 42 heavy (non-hydrogen) atoms. The zero-order valence-electron chi connectivity index (χ0n) is 22.2. The van der Waals surface area contributed by atoms with Gasteiger partial charge in [0, 0.05) is 15.7 Å². The zero-order chi connectivity index (χ0) is 29.7. The second-order valence-electron chi connectivity index (χ2n) is 8.38. The molecule has 0 saturated carbocycles. The van der Waals surface area contributed by atoms with Crippen LogP contribution in [0.3, 0.4) is 0 Å². The molecule has 0 aromatic heterocycles. The van der Waals surface area contributed by atoms with Gasteiger partial charge >= 0.3 is 193 Å². The topological polar surface area (TPSA) is 88.1 Å². The fraction of sp³-hybridized carbons (Fsp3) is 0.100. The summed E-state index contributed by atoms with van der Waals surface area (Å²) in [7, 11) is 4.70. The van der Waals surface area contributed by atoms with E-state index in [1.807, 2.05) is 56.3 Å². The van der Waals surface area contributed by atoms with Crippen LogP contribution in [0.5, 0.6) is 23.0 Å². The van der Waals surface area contributed by atoms with Gasteiger partial charge < -0.3 is 0 Å². The Kier molecular flexibility index (Phi) is 10.1. The second kappa shape index (κ2) is 13.8. The molecule has 2 aliphatic heterocycles. The SMILES string of the molecule is CC.O=C(Oc1ccc2c(c1)Oc1cc(OC(=O)SSc3ccccc3)ccc1C21OC(=O)c2ccccc21)S[S][Pb]. The Morgan fingerprint density at radius 1 is 0.738 bits per heavy atom. The number of hydrogen-bond acceptors (Lipinski definition) is 11. The molecule has 1 spiro atoms. The summed E-state index contributed by atoms with van der Waals surface area (Å²) >= 11 is 0.783. The van der Waals surface area contributed by atoms with Crippen molar-refractivity contribution in [2.24, 2.45) is 0 Å². The van der Waals surface area contributed by atoms with Crippen LogP contribution in [0, 0.1) is 0 Å². The summed E-state index contributed by atoms with van der Waals surface area (Å²) in [5.41, 5.74) is 0.985. The van der Waals surface area contributed by atoms with Gasteiger partial charge in [-0.05, 0) is 22.9 Å². The van der Waals surface area contributed by atoms with Crippen LogP contribution in [0.25, 0.3) is 0 Å². The maximum absolute atomic E-state index is 13.0. The van der Waals surface area contributed by atoms with Gasteiger partial charge in [0.05, 0.1) is 0 Å². The van der Waals surface area contributed by atoms with E-state index in [1.165, 1.54) is 18.1 Å². The fourth-order valence-corrected chi connectivity index (χ4v) is 8.96. The quantitative estimate of drug-likeness (QED) is 0.110. The molecule has 0 bridgehead atoms. The Morgan fingerprint density at radius 3 is 1.93 bits per heavy atom. The van der Waals surface area contributed by atoms with Crippen molar-refractivity contribution in [2.75, 3.05) is 0 Å². The Balaban J connectivity index is 0.00000173. The van der Waals surface area contributed by atoms with Crippen molar-refractivity contribution in [2.45, 2.75) is 24.3 Å². The van der Waals surface area contributed by atoms with Crippen molar-refractivity contribution in [3.63, 3.8) is 0 Å². The first kappa shape index (κ1) is 30.9. The van der Waals surface area contributed by atoms with E-state index in [4.69, 9.17) is 18.9 Å². The molecule has 1 atom stereocenters. The standard InChI is InChI=1S/C28H16O7S4.C2H6.Pb/c29-25-19-8-4-5-9-20(19)28(35-25)21-12-10-16(32-26(30)37-36)14-23(21)34-24-15-17(11-13-22(24)28)33-27(31)39-38-18-6-2-1-3-7-18;1-2;/h1-15,36H;1-2H3;/q;;+1/p-1. The summed E-state index contributed by atoms with van der Waals surface area (Å²) in [5.74, 6) is 0.791. The summed E-state index contributed by atoms with van der Waals surface area (Å²) in [5, 5.41) is -0.940. The Labute approximate surface area is 272 Å². The molecule has 0 amide bonds. The third-order valence-electron chi connectivity index (χ3n) is 6.12. The van der Waals surface area contributed by atoms with Crippen molar-refractivity contribution in [1.29, 1.82) is 0 Å². The van der Waals surface area contributed by atoms with E-state index in [2.05, 4.69) is 0 Å². The molecule has 0 N–H and O–H groups in total. The molecule has 3 radical (unpaired) electrons. The van der Waals surface area contributed by atoms with Crippen molar-refractivity contribution >= 4 is 80.6 Å². The van der Waals surface area contributed by atoms with Gasteiger partial charge in [-0.1, -0.05) is 38.1 Å². The fourth-order valence-electron chi connectivity index (χ4n) is 4.58. The Bertz CT molecular complexity index is 1650. The van der Waals surface area contributed by atoms with Gasteiger partial charge in [-0.2, -0.15) is 0 Å². The molecule has 0 aliphatic carbocycles. The molecule has 0 saturated heterocycles. The molecule has 7 nitrogen and oxygen atoms in total. The van der Waals surface area contributed by atoms with E-state index < -0.39 is 22.2 Å². The van der Waals surface area contributed by atoms with Crippen LogP contribution in [0.4, 0.5) is 9.59 Å². The first-order valence-corrected chi connectivity index (χ1v) is 21.7. The third kappa shape index (κ3) is 6.20. The van der Waals surface area contributed by atoms with Crippen molar-refractivity contribution < 1.29 is 33.3 Å². The summed E-state index contributed by atoms with van der Waals surface area (Å²) in [6.45, 7) is 4.00. The minimum absolute atomic E-state index is 0.268. The van der Waals surface area contributed by atoms with Crippen LogP contribution in [0.1, 0.15) is 40.9 Å². The van der Waals surface area contributed by atoms with Gasteiger partial charge in [-0.15, -0.1) is 0 Å². The molecule has 2 heterocycles. The molecular weight excluding hydrogens is 808 g/mol. The molecule has 1 unspecified atom stereocenters. The van der Waals surface area contributed by atoms with Gasteiger partial charge in [-0.25, -0.2) is 4.79 Å². The third-order valence-corrected chi connectivity index (χ3v) is 12.0. The normalized spacial score (nSPS) is 15.6. The van der Waals surface area contributed by atoms with E-state index in [0.717, 1.165) is 50.7 Å². The molecule has 4 aromatic carbocycles. The molecule has 6 rings (SSSR count). The molecule has 12 heteroatoms. The molecule has 211 valence electrons. The number of benzene rings is 4. The van der Waals surface area contributed by atoms with Crippen molar-refractivity contribution in [1.82, 2.24) is 0 Å². The number of carbonyl (C=O) groups excluding carboxylic acids is 3. The van der Waals surface area contributed by atoms with Gasteiger partial charge in [0.15, 0.2) is 0 Å². The van der Waals surface area contributed by atoms with Gasteiger partial charge in [-0.3, -0.25) is 0 Å². The molecule has 0 fully saturated rings. The first-order valence-electron chi connectivity index (χ1n) is 12.6. The van der Waals surface area contributed by atoms with Gasteiger partial charge in [0.2, 0.25) is 0 Å². The summed E-state index contributed by atoms with van der Waals surface area (Å²) in [6, 6.07) is 26.6. The predicted molar refractivity (Wildman–Crippen MR) is 169 cm³/mol. The maximum atomic E-state index is 13.0. The number of ether oxygens (including phenoxy) is 4. The Hall–Kier alpha value is -2.59. The average molecular weight is 829 g/mol. The molecule has 2 aliphatic rings. The van der Waals surface area contributed by atoms with E-state index >= 15 is 0 Å². The molecule has 4 aromatic rings. The number of hydrogen-bond donors (Lipinski definition) is 0. The number of carbonyl (C=O) groups is 3. The summed E-state index contributed by atoms with van der Waals surface area (Å²) < 4.78 is 23.4. The average Bonchev–Trinajstić information content (AvgIpc) is 3.30. The first-order chi connectivity index (χ1) is 20.5. The summed E-state index contributed by atoms with van der Waals surface area (Å²) in [4.78, 5) is 38.6. The minimum atomic E-state index is -1.29.